The van der Waals surface area contributed by atoms with Gasteiger partial charge in [-0.25, -0.2) is 18.5 Å². The summed E-state index contributed by atoms with van der Waals surface area (Å²) in [5, 5.41) is 8.86. The highest BCUT2D eigenvalue weighted by atomic mass is 32.2. The molecule has 9 heteroatoms. The predicted molar refractivity (Wildman–Crippen MR) is 110 cm³/mol. The molecule has 0 fully saturated rings. The van der Waals surface area contributed by atoms with Crippen LogP contribution in [0.2, 0.25) is 0 Å². The van der Waals surface area contributed by atoms with Crippen LogP contribution in [-0.4, -0.2) is 30.0 Å². The monoisotopic (exact) mass is 418 g/mol. The summed E-state index contributed by atoms with van der Waals surface area (Å²) < 4.78 is 22.6. The van der Waals surface area contributed by atoms with Gasteiger partial charge in [-0.1, -0.05) is 36.0 Å². The molecule has 0 aliphatic heterocycles. The molecule has 3 rings (SSSR count). The van der Waals surface area contributed by atoms with E-state index in [4.69, 9.17) is 5.14 Å². The van der Waals surface area contributed by atoms with Gasteiger partial charge in [-0.2, -0.15) is 0 Å². The van der Waals surface area contributed by atoms with Crippen molar-refractivity contribution in [3.63, 3.8) is 0 Å². The number of benzene rings is 2. The molecule has 28 heavy (non-hydrogen) atoms. The SMILES string of the molecule is C[C@@H](NC(=O)CCCSc1nc2ccccc2[nH]1)c1ccc(S(N)(=O)=O)cc1. The number of sulfonamides is 1. The largest absolute Gasteiger partial charge is 0.350 e. The number of primary sulfonamides is 1. The number of imidazole rings is 1. The van der Waals surface area contributed by atoms with Crippen LogP contribution in [0.1, 0.15) is 31.4 Å². The molecule has 148 valence electrons. The molecule has 0 saturated heterocycles. The van der Waals surface area contributed by atoms with Crippen LogP contribution in [0, 0.1) is 0 Å². The molecule has 2 aromatic carbocycles. The van der Waals surface area contributed by atoms with Gasteiger partial charge in [0.05, 0.1) is 22.0 Å². The number of aromatic amines is 1. The van der Waals surface area contributed by atoms with Gasteiger partial charge < -0.3 is 10.3 Å². The fourth-order valence-electron chi connectivity index (χ4n) is 2.74. The second-order valence-electron chi connectivity index (χ2n) is 6.41. The molecule has 1 atom stereocenters. The van der Waals surface area contributed by atoms with E-state index in [0.29, 0.717) is 6.42 Å². The van der Waals surface area contributed by atoms with Gasteiger partial charge in [-0.05, 0) is 43.2 Å². The van der Waals surface area contributed by atoms with Gasteiger partial charge in [0.2, 0.25) is 15.9 Å². The third-order valence-corrected chi connectivity index (χ3v) is 6.13. The Hall–Kier alpha value is -2.36. The van der Waals surface area contributed by atoms with Gasteiger partial charge in [0.1, 0.15) is 0 Å². The number of nitrogens with one attached hydrogen (secondary N) is 2. The number of hydrogen-bond acceptors (Lipinski definition) is 5. The molecule has 0 spiro atoms. The van der Waals surface area contributed by atoms with E-state index in [2.05, 4.69) is 15.3 Å². The summed E-state index contributed by atoms with van der Waals surface area (Å²) in [5.74, 6) is 0.734. The quantitative estimate of drug-likeness (QED) is 0.384. The fraction of sp³-hybridized carbons (Fsp3) is 0.263. The highest BCUT2D eigenvalue weighted by Crippen LogP contribution is 2.20. The van der Waals surface area contributed by atoms with E-state index in [1.54, 1.807) is 23.9 Å². The number of nitrogens with zero attached hydrogens (tertiary/aromatic N) is 1. The van der Waals surface area contributed by atoms with Crippen LogP contribution in [-0.2, 0) is 14.8 Å². The molecule has 7 nitrogen and oxygen atoms in total. The number of carbonyl (C=O) groups is 1. The van der Waals surface area contributed by atoms with Crippen LogP contribution < -0.4 is 10.5 Å². The Bertz CT molecular complexity index is 1030. The van der Waals surface area contributed by atoms with Gasteiger partial charge in [0, 0.05) is 12.2 Å². The zero-order valence-corrected chi connectivity index (χ0v) is 17.0. The summed E-state index contributed by atoms with van der Waals surface area (Å²) in [4.78, 5) is 19.9. The van der Waals surface area contributed by atoms with Crippen LogP contribution in [0.25, 0.3) is 11.0 Å². The Kier molecular flexibility index (Phi) is 6.38. The smallest absolute Gasteiger partial charge is 0.238 e. The molecule has 1 aromatic heterocycles. The Labute approximate surface area is 168 Å². The molecule has 3 aromatic rings. The zero-order valence-electron chi connectivity index (χ0n) is 15.4. The Morgan fingerprint density at radius 1 is 1.21 bits per heavy atom. The lowest BCUT2D eigenvalue weighted by atomic mass is 10.1. The Balaban J connectivity index is 1.43. The summed E-state index contributed by atoms with van der Waals surface area (Å²) in [7, 11) is -3.71. The van der Waals surface area contributed by atoms with Crippen molar-refractivity contribution in [3.05, 3.63) is 54.1 Å². The second kappa shape index (κ2) is 8.76. The van der Waals surface area contributed by atoms with Crippen molar-refractivity contribution in [2.45, 2.75) is 35.9 Å². The van der Waals surface area contributed by atoms with Gasteiger partial charge in [0.25, 0.3) is 0 Å². The maximum atomic E-state index is 12.1. The van der Waals surface area contributed by atoms with E-state index >= 15 is 0 Å². The number of fused-ring (bicyclic) bond motifs is 1. The third kappa shape index (κ3) is 5.34. The average molecular weight is 419 g/mol. The first-order valence-electron chi connectivity index (χ1n) is 8.82. The van der Waals surface area contributed by atoms with Gasteiger partial charge in [-0.15, -0.1) is 0 Å². The molecule has 0 aliphatic carbocycles. The lowest BCUT2D eigenvalue weighted by Gasteiger charge is -2.14. The van der Waals surface area contributed by atoms with E-state index in [-0.39, 0.29) is 16.8 Å². The van der Waals surface area contributed by atoms with Crippen molar-refractivity contribution < 1.29 is 13.2 Å². The molecule has 4 N–H and O–H groups in total. The summed E-state index contributed by atoms with van der Waals surface area (Å²) in [6.07, 6.45) is 1.14. The maximum Gasteiger partial charge on any atom is 0.238 e. The van der Waals surface area contributed by atoms with Gasteiger partial charge in [0.15, 0.2) is 5.16 Å². The maximum absolute atomic E-state index is 12.1. The minimum Gasteiger partial charge on any atom is -0.350 e. The van der Waals surface area contributed by atoms with Crippen molar-refractivity contribution in [2.75, 3.05) is 5.75 Å². The minimum absolute atomic E-state index is 0.0479. The van der Waals surface area contributed by atoms with Crippen molar-refractivity contribution in [3.8, 4) is 0 Å². The van der Waals surface area contributed by atoms with Crippen LogP contribution in [0.15, 0.2) is 58.6 Å². The number of aromatic nitrogens is 2. The Morgan fingerprint density at radius 3 is 2.61 bits per heavy atom. The number of hydrogen-bond donors (Lipinski definition) is 3. The summed E-state index contributed by atoms with van der Waals surface area (Å²) in [6, 6.07) is 13.8. The number of H-pyrrole nitrogens is 1. The summed E-state index contributed by atoms with van der Waals surface area (Å²) >= 11 is 1.59. The molecule has 1 heterocycles. The van der Waals surface area contributed by atoms with Gasteiger partial charge in [-0.3, -0.25) is 4.79 Å². The van der Waals surface area contributed by atoms with Crippen molar-refractivity contribution in [2.24, 2.45) is 5.14 Å². The molecule has 0 bridgehead atoms. The first kappa shape index (κ1) is 20.4. The standard InChI is InChI=1S/C19H22N4O3S2/c1-13(14-8-10-15(11-9-14)28(20,25)26)21-18(24)7-4-12-27-19-22-16-5-2-3-6-17(16)23-19/h2-3,5-6,8-11,13H,4,7,12H2,1H3,(H,21,24)(H,22,23)(H2,20,25,26)/t13-/m1/s1. The third-order valence-electron chi connectivity index (χ3n) is 4.24. The highest BCUT2D eigenvalue weighted by molar-refractivity contribution is 7.99. The molecule has 0 unspecified atom stereocenters. The minimum atomic E-state index is -3.71. The Morgan fingerprint density at radius 2 is 1.93 bits per heavy atom. The lowest BCUT2D eigenvalue weighted by molar-refractivity contribution is -0.121. The van der Waals surface area contributed by atoms with E-state index in [1.807, 2.05) is 31.2 Å². The topological polar surface area (TPSA) is 118 Å². The molecule has 0 radical (unpaired) electrons. The lowest BCUT2D eigenvalue weighted by Crippen LogP contribution is -2.26. The van der Waals surface area contributed by atoms with E-state index in [0.717, 1.165) is 33.9 Å². The summed E-state index contributed by atoms with van der Waals surface area (Å²) in [6.45, 7) is 1.85. The normalized spacial score (nSPS) is 12.8. The molecular formula is C19H22N4O3S2. The first-order valence-corrected chi connectivity index (χ1v) is 11.4. The van der Waals surface area contributed by atoms with Crippen LogP contribution in [0.5, 0.6) is 0 Å². The van der Waals surface area contributed by atoms with E-state index in [9.17, 15) is 13.2 Å². The number of nitrogens with two attached hydrogens (primary N) is 1. The molecule has 1 amide bonds. The predicted octanol–water partition coefficient (Wildman–Crippen LogP) is 2.96. The number of amides is 1. The molecule has 0 saturated carbocycles. The fourth-order valence-corrected chi connectivity index (χ4v) is 4.08. The number of thioether (sulfide) groups is 1. The van der Waals surface area contributed by atoms with E-state index in [1.165, 1.54) is 12.1 Å². The number of para-hydroxylation sites is 2. The molecular weight excluding hydrogens is 396 g/mol. The van der Waals surface area contributed by atoms with Crippen molar-refractivity contribution in [1.82, 2.24) is 15.3 Å². The summed E-state index contributed by atoms with van der Waals surface area (Å²) in [5.41, 5.74) is 2.76. The number of rotatable bonds is 8. The van der Waals surface area contributed by atoms with E-state index < -0.39 is 10.0 Å². The van der Waals surface area contributed by atoms with Crippen molar-refractivity contribution >= 4 is 38.7 Å². The van der Waals surface area contributed by atoms with Crippen LogP contribution >= 0.6 is 11.8 Å². The highest BCUT2D eigenvalue weighted by Gasteiger charge is 2.12. The van der Waals surface area contributed by atoms with Crippen LogP contribution in [0.3, 0.4) is 0 Å². The second-order valence-corrected chi connectivity index (χ2v) is 9.06. The number of carbonyl (C=O) groups excluding carboxylic acids is 1. The first-order chi connectivity index (χ1) is 13.3. The average Bonchev–Trinajstić information content (AvgIpc) is 3.07. The zero-order chi connectivity index (χ0) is 20.1. The van der Waals surface area contributed by atoms with Crippen LogP contribution in [0.4, 0.5) is 0 Å². The molecule has 0 aliphatic rings. The van der Waals surface area contributed by atoms with Gasteiger partial charge >= 0.3 is 0 Å². The van der Waals surface area contributed by atoms with Crippen molar-refractivity contribution in [1.29, 1.82) is 0 Å².